The number of para-hydroxylation sites is 1. The Labute approximate surface area is 173 Å². The Kier molecular flexibility index (Phi) is 6.54. The van der Waals surface area contributed by atoms with E-state index in [1.54, 1.807) is 6.07 Å². The molecule has 0 atom stereocenters. The number of hydrogen-bond donors (Lipinski definition) is 0. The van der Waals surface area contributed by atoms with Gasteiger partial charge in [-0.3, -0.25) is 4.79 Å². The lowest BCUT2D eigenvalue weighted by atomic mass is 10.1. The zero-order chi connectivity index (χ0) is 21.8. The molecule has 1 aliphatic carbocycles. The summed E-state index contributed by atoms with van der Waals surface area (Å²) < 4.78 is 42.0. The Morgan fingerprint density at radius 3 is 2.63 bits per heavy atom. The summed E-state index contributed by atoms with van der Waals surface area (Å²) in [7, 11) is 1.32. The second kappa shape index (κ2) is 9.11. The van der Waals surface area contributed by atoms with Gasteiger partial charge in [0.1, 0.15) is 0 Å². The molecular formula is C22H23F2NO5. The number of nitrogens with zero attached hydrogens (tertiary/aromatic N) is 1. The smallest absolute Gasteiger partial charge is 0.387 e. The number of ketones is 1. The fraction of sp³-hybridized carbons (Fsp3) is 0.364. The van der Waals surface area contributed by atoms with E-state index in [-0.39, 0.29) is 22.8 Å². The molecular weight excluding hydrogens is 396 g/mol. The van der Waals surface area contributed by atoms with Crippen LogP contribution in [0.25, 0.3) is 6.08 Å². The third-order valence-corrected chi connectivity index (χ3v) is 4.88. The van der Waals surface area contributed by atoms with Gasteiger partial charge in [-0.1, -0.05) is 12.1 Å². The van der Waals surface area contributed by atoms with Gasteiger partial charge in [0.15, 0.2) is 18.1 Å². The van der Waals surface area contributed by atoms with Crippen molar-refractivity contribution >= 4 is 17.8 Å². The Hall–Kier alpha value is -3.16. The number of aromatic nitrogens is 1. The number of carbonyl (C=O) groups excluding carboxylic acids is 2. The highest BCUT2D eigenvalue weighted by Gasteiger charge is 2.28. The highest BCUT2D eigenvalue weighted by molar-refractivity contribution is 6.00. The van der Waals surface area contributed by atoms with Gasteiger partial charge in [0.2, 0.25) is 5.78 Å². The predicted octanol–water partition coefficient (Wildman–Crippen LogP) is 4.49. The zero-order valence-corrected chi connectivity index (χ0v) is 17.0. The van der Waals surface area contributed by atoms with E-state index in [0.29, 0.717) is 11.6 Å². The van der Waals surface area contributed by atoms with Crippen LogP contribution in [0.2, 0.25) is 0 Å². The van der Waals surface area contributed by atoms with Crippen LogP contribution in [0.15, 0.2) is 30.3 Å². The lowest BCUT2D eigenvalue weighted by Crippen LogP contribution is -2.13. The number of esters is 1. The second-order valence-electron chi connectivity index (χ2n) is 7.01. The fourth-order valence-electron chi connectivity index (χ4n) is 3.41. The SMILES string of the molecule is COc1cccc(/C=C/C(=O)OCC(=O)c2cc(C)n(C3CC3)c2C)c1OC(F)F. The number of methoxy groups -OCH3 is 1. The number of rotatable bonds is 9. The van der Waals surface area contributed by atoms with E-state index in [2.05, 4.69) is 9.30 Å². The molecule has 1 aromatic carbocycles. The van der Waals surface area contributed by atoms with Crippen molar-refractivity contribution in [3.8, 4) is 11.5 Å². The van der Waals surface area contributed by atoms with Crippen LogP contribution in [-0.4, -0.2) is 36.6 Å². The monoisotopic (exact) mass is 419 g/mol. The Morgan fingerprint density at radius 2 is 2.00 bits per heavy atom. The average Bonchev–Trinajstić information content (AvgIpc) is 3.49. The summed E-state index contributed by atoms with van der Waals surface area (Å²) in [6.45, 7) is 0.376. The summed E-state index contributed by atoms with van der Waals surface area (Å²) in [6, 6.07) is 6.78. The van der Waals surface area contributed by atoms with E-state index >= 15 is 0 Å². The minimum absolute atomic E-state index is 0.104. The molecule has 0 amide bonds. The molecule has 1 fully saturated rings. The number of ether oxygens (including phenoxy) is 3. The second-order valence-corrected chi connectivity index (χ2v) is 7.01. The lowest BCUT2D eigenvalue weighted by Gasteiger charge is -2.12. The molecule has 0 bridgehead atoms. The van der Waals surface area contributed by atoms with Crippen molar-refractivity contribution < 1.29 is 32.6 Å². The van der Waals surface area contributed by atoms with E-state index in [1.165, 1.54) is 25.3 Å². The van der Waals surface area contributed by atoms with Crippen LogP contribution in [0, 0.1) is 13.8 Å². The molecule has 0 saturated heterocycles. The van der Waals surface area contributed by atoms with Crippen molar-refractivity contribution in [3.05, 3.63) is 52.9 Å². The first-order chi connectivity index (χ1) is 14.3. The molecule has 1 aliphatic rings. The van der Waals surface area contributed by atoms with E-state index in [9.17, 15) is 18.4 Å². The van der Waals surface area contributed by atoms with Crippen molar-refractivity contribution in [1.82, 2.24) is 4.57 Å². The summed E-state index contributed by atoms with van der Waals surface area (Å²) in [5.41, 5.74) is 2.63. The third kappa shape index (κ3) is 4.87. The van der Waals surface area contributed by atoms with Gasteiger partial charge in [-0.05, 0) is 44.9 Å². The van der Waals surface area contributed by atoms with Gasteiger partial charge in [-0.2, -0.15) is 8.78 Å². The molecule has 0 spiro atoms. The quantitative estimate of drug-likeness (QED) is 0.340. The molecule has 0 aliphatic heterocycles. The number of halogens is 2. The van der Waals surface area contributed by atoms with Gasteiger partial charge in [0.05, 0.1) is 7.11 Å². The summed E-state index contributed by atoms with van der Waals surface area (Å²) in [5.74, 6) is -1.15. The summed E-state index contributed by atoms with van der Waals surface area (Å²) >= 11 is 0. The first-order valence-corrected chi connectivity index (χ1v) is 9.50. The summed E-state index contributed by atoms with van der Waals surface area (Å²) in [5, 5.41) is 0. The molecule has 3 rings (SSSR count). The van der Waals surface area contributed by atoms with E-state index < -0.39 is 19.2 Å². The van der Waals surface area contributed by atoms with Crippen LogP contribution in [-0.2, 0) is 9.53 Å². The normalized spacial score (nSPS) is 13.7. The molecule has 0 unspecified atom stereocenters. The van der Waals surface area contributed by atoms with Crippen molar-refractivity contribution in [1.29, 1.82) is 0 Å². The Balaban J connectivity index is 1.64. The largest absolute Gasteiger partial charge is 0.493 e. The number of alkyl halides is 2. The number of benzene rings is 1. The van der Waals surface area contributed by atoms with Crippen LogP contribution in [0.3, 0.4) is 0 Å². The predicted molar refractivity (Wildman–Crippen MR) is 106 cm³/mol. The molecule has 6 nitrogen and oxygen atoms in total. The van der Waals surface area contributed by atoms with Crippen molar-refractivity contribution in [2.75, 3.05) is 13.7 Å². The van der Waals surface area contributed by atoms with Gasteiger partial charge in [-0.15, -0.1) is 0 Å². The molecule has 1 aromatic heterocycles. The average molecular weight is 419 g/mol. The van der Waals surface area contributed by atoms with E-state index in [4.69, 9.17) is 9.47 Å². The topological polar surface area (TPSA) is 66.8 Å². The minimum Gasteiger partial charge on any atom is -0.493 e. The van der Waals surface area contributed by atoms with Gasteiger partial charge >= 0.3 is 12.6 Å². The summed E-state index contributed by atoms with van der Waals surface area (Å²) in [4.78, 5) is 24.5. The Morgan fingerprint density at radius 1 is 1.27 bits per heavy atom. The number of Topliss-reactive ketones (excluding diaryl/α,β-unsaturated/α-hetero) is 1. The molecule has 1 saturated carbocycles. The van der Waals surface area contributed by atoms with E-state index in [0.717, 1.165) is 30.3 Å². The fourth-order valence-corrected chi connectivity index (χ4v) is 3.41. The molecule has 8 heteroatoms. The Bertz CT molecular complexity index is 976. The van der Waals surface area contributed by atoms with Crippen LogP contribution in [0.4, 0.5) is 8.78 Å². The first kappa shape index (κ1) is 21.5. The standard InChI is InChI=1S/C22H23F2NO5/c1-13-11-17(14(2)25(13)16-8-9-16)18(26)12-29-20(27)10-7-15-5-4-6-19(28-3)21(15)30-22(23)24/h4-7,10-11,16,22H,8-9,12H2,1-3H3/b10-7+. The first-order valence-electron chi connectivity index (χ1n) is 9.50. The molecule has 1 heterocycles. The number of carbonyl (C=O) groups is 2. The van der Waals surface area contributed by atoms with E-state index in [1.807, 2.05) is 19.9 Å². The number of hydrogen-bond acceptors (Lipinski definition) is 5. The summed E-state index contributed by atoms with van der Waals surface area (Å²) in [6.07, 6.45) is 4.52. The highest BCUT2D eigenvalue weighted by Crippen LogP contribution is 2.38. The van der Waals surface area contributed by atoms with Gasteiger partial charge in [-0.25, -0.2) is 4.79 Å². The molecule has 2 aromatic rings. The van der Waals surface area contributed by atoms with Gasteiger partial charge in [0, 0.05) is 34.6 Å². The zero-order valence-electron chi connectivity index (χ0n) is 17.0. The molecule has 30 heavy (non-hydrogen) atoms. The third-order valence-electron chi connectivity index (χ3n) is 4.88. The van der Waals surface area contributed by atoms with Crippen LogP contribution in [0.1, 0.15) is 46.2 Å². The lowest BCUT2D eigenvalue weighted by molar-refractivity contribution is -0.136. The van der Waals surface area contributed by atoms with Gasteiger partial charge in [0.25, 0.3) is 0 Å². The van der Waals surface area contributed by atoms with Crippen molar-refractivity contribution in [2.24, 2.45) is 0 Å². The van der Waals surface area contributed by atoms with Crippen LogP contribution in [0.5, 0.6) is 11.5 Å². The maximum Gasteiger partial charge on any atom is 0.387 e. The maximum atomic E-state index is 12.7. The highest BCUT2D eigenvalue weighted by atomic mass is 19.3. The molecule has 160 valence electrons. The maximum absolute atomic E-state index is 12.7. The molecule has 0 radical (unpaired) electrons. The molecule has 0 N–H and O–H groups in total. The van der Waals surface area contributed by atoms with Crippen molar-refractivity contribution in [3.63, 3.8) is 0 Å². The van der Waals surface area contributed by atoms with Crippen LogP contribution >= 0.6 is 0 Å². The van der Waals surface area contributed by atoms with Crippen LogP contribution < -0.4 is 9.47 Å². The minimum atomic E-state index is -3.05. The van der Waals surface area contributed by atoms with Crippen molar-refractivity contribution in [2.45, 2.75) is 39.3 Å². The van der Waals surface area contributed by atoms with Gasteiger partial charge < -0.3 is 18.8 Å². The number of aryl methyl sites for hydroxylation is 1.